The maximum absolute atomic E-state index is 13.1. The van der Waals surface area contributed by atoms with Gasteiger partial charge in [0, 0.05) is 13.0 Å². The highest BCUT2D eigenvalue weighted by Crippen LogP contribution is 2.15. The first-order chi connectivity index (χ1) is 9.31. The Morgan fingerprint density at radius 2 is 2.30 bits per heavy atom. The lowest BCUT2D eigenvalue weighted by molar-refractivity contribution is 0.0659. The van der Waals surface area contributed by atoms with Crippen LogP contribution in [0, 0.1) is 5.82 Å². The predicted molar refractivity (Wildman–Crippen MR) is 72.3 cm³/mol. The van der Waals surface area contributed by atoms with Gasteiger partial charge in [-0.3, -0.25) is 0 Å². The summed E-state index contributed by atoms with van der Waals surface area (Å²) in [7, 11) is 0. The molecule has 1 saturated heterocycles. The predicted octanol–water partition coefficient (Wildman–Crippen LogP) is 1.88. The molecule has 1 atom stereocenters. The van der Waals surface area contributed by atoms with Crippen molar-refractivity contribution >= 4 is 12.4 Å². The largest absolute Gasteiger partial charge is 0.378 e. The molecule has 0 bridgehead atoms. The van der Waals surface area contributed by atoms with E-state index >= 15 is 0 Å². The Bertz CT molecular complexity index is 558. The third-order valence-corrected chi connectivity index (χ3v) is 2.95. The summed E-state index contributed by atoms with van der Waals surface area (Å²) in [4.78, 5) is 4.32. The lowest BCUT2D eigenvalue weighted by Crippen LogP contribution is -2.34. The number of ether oxygens (including phenoxy) is 1. The third-order valence-electron chi connectivity index (χ3n) is 2.95. The Kier molecular flexibility index (Phi) is 5.05. The van der Waals surface area contributed by atoms with Gasteiger partial charge in [-0.2, -0.15) is 4.98 Å². The number of nitrogens with one attached hydrogen (secondary N) is 1. The smallest absolute Gasteiger partial charge is 0.246 e. The van der Waals surface area contributed by atoms with Crippen LogP contribution in [0.15, 0.2) is 28.8 Å². The molecule has 0 amide bonds. The molecule has 108 valence electrons. The molecule has 1 fully saturated rings. The van der Waals surface area contributed by atoms with Crippen molar-refractivity contribution in [1.82, 2.24) is 15.5 Å². The number of halogens is 2. The molecule has 3 rings (SSSR count). The van der Waals surface area contributed by atoms with E-state index in [1.54, 1.807) is 6.07 Å². The van der Waals surface area contributed by atoms with Crippen LogP contribution in [0.2, 0.25) is 0 Å². The van der Waals surface area contributed by atoms with Gasteiger partial charge in [0.15, 0.2) is 5.82 Å². The van der Waals surface area contributed by atoms with Gasteiger partial charge in [-0.1, -0.05) is 17.3 Å². The van der Waals surface area contributed by atoms with E-state index in [4.69, 9.17) is 9.26 Å². The van der Waals surface area contributed by atoms with Crippen LogP contribution in [-0.2, 0) is 11.2 Å². The van der Waals surface area contributed by atoms with Crippen LogP contribution in [0.25, 0.3) is 0 Å². The minimum atomic E-state index is -0.261. The van der Waals surface area contributed by atoms with Gasteiger partial charge in [-0.25, -0.2) is 4.39 Å². The highest BCUT2D eigenvalue weighted by molar-refractivity contribution is 5.85. The Morgan fingerprint density at radius 3 is 3.05 bits per heavy atom. The summed E-state index contributed by atoms with van der Waals surface area (Å²) in [5.41, 5.74) is 0.820. The lowest BCUT2D eigenvalue weighted by atomic mass is 10.1. The zero-order valence-corrected chi connectivity index (χ0v) is 11.5. The van der Waals surface area contributed by atoms with Gasteiger partial charge in [0.2, 0.25) is 5.89 Å². The molecule has 0 aliphatic carbocycles. The second-order valence-corrected chi connectivity index (χ2v) is 4.44. The summed E-state index contributed by atoms with van der Waals surface area (Å²) < 4.78 is 23.6. The average Bonchev–Trinajstić information content (AvgIpc) is 2.88. The van der Waals surface area contributed by atoms with Crippen molar-refractivity contribution in [3.63, 3.8) is 0 Å². The van der Waals surface area contributed by atoms with Crippen LogP contribution in [0.5, 0.6) is 0 Å². The molecule has 1 N–H and O–H groups in total. The van der Waals surface area contributed by atoms with E-state index in [-0.39, 0.29) is 24.3 Å². The van der Waals surface area contributed by atoms with Gasteiger partial charge in [-0.05, 0) is 17.7 Å². The monoisotopic (exact) mass is 299 g/mol. The summed E-state index contributed by atoms with van der Waals surface area (Å²) in [6.45, 7) is 1.99. The molecule has 0 radical (unpaired) electrons. The fourth-order valence-electron chi connectivity index (χ4n) is 2.03. The normalized spacial score (nSPS) is 18.6. The maximum Gasteiger partial charge on any atom is 0.246 e. The second-order valence-electron chi connectivity index (χ2n) is 4.44. The van der Waals surface area contributed by atoms with Crippen LogP contribution in [0.4, 0.5) is 4.39 Å². The fraction of sp³-hybridized carbons (Fsp3) is 0.385. The van der Waals surface area contributed by atoms with Gasteiger partial charge in [0.05, 0.1) is 13.2 Å². The quantitative estimate of drug-likeness (QED) is 0.938. The van der Waals surface area contributed by atoms with E-state index in [1.165, 1.54) is 12.1 Å². The first-order valence-corrected chi connectivity index (χ1v) is 6.19. The summed E-state index contributed by atoms with van der Waals surface area (Å²) >= 11 is 0. The fourth-order valence-corrected chi connectivity index (χ4v) is 2.03. The number of nitrogens with zero attached hydrogens (tertiary/aromatic N) is 2. The van der Waals surface area contributed by atoms with Crippen LogP contribution in [0.1, 0.15) is 23.3 Å². The van der Waals surface area contributed by atoms with Crippen LogP contribution in [-0.4, -0.2) is 29.9 Å². The molecule has 20 heavy (non-hydrogen) atoms. The number of hydrogen-bond donors (Lipinski definition) is 1. The van der Waals surface area contributed by atoms with Gasteiger partial charge >= 0.3 is 0 Å². The van der Waals surface area contributed by atoms with E-state index in [9.17, 15) is 4.39 Å². The van der Waals surface area contributed by atoms with E-state index in [1.807, 2.05) is 6.07 Å². The van der Waals surface area contributed by atoms with Gasteiger partial charge in [0.25, 0.3) is 0 Å². The van der Waals surface area contributed by atoms with Gasteiger partial charge in [0.1, 0.15) is 11.9 Å². The Hall–Kier alpha value is -1.50. The SMILES string of the molecule is Cl.Fc1cccc(Cc2noc(C3COCCN3)n2)c1. The molecule has 0 saturated carbocycles. The minimum Gasteiger partial charge on any atom is -0.378 e. The van der Waals surface area contributed by atoms with Crippen LogP contribution < -0.4 is 5.32 Å². The van der Waals surface area contributed by atoms with E-state index in [0.717, 1.165) is 12.1 Å². The topological polar surface area (TPSA) is 60.2 Å². The summed E-state index contributed by atoms with van der Waals surface area (Å²) in [6, 6.07) is 6.33. The lowest BCUT2D eigenvalue weighted by Gasteiger charge is -2.20. The highest BCUT2D eigenvalue weighted by Gasteiger charge is 2.21. The van der Waals surface area contributed by atoms with Crippen molar-refractivity contribution in [2.45, 2.75) is 12.5 Å². The molecule has 1 aliphatic rings. The molecular formula is C13H15ClFN3O2. The summed E-state index contributed by atoms with van der Waals surface area (Å²) in [5.74, 6) is 0.808. The van der Waals surface area contributed by atoms with Crippen molar-refractivity contribution in [2.24, 2.45) is 0 Å². The van der Waals surface area contributed by atoms with Crippen molar-refractivity contribution < 1.29 is 13.7 Å². The molecule has 1 aromatic carbocycles. The standard InChI is InChI=1S/C13H14FN3O2.ClH/c14-10-3-1-2-9(6-10)7-12-16-13(19-17-12)11-8-18-5-4-15-11;/h1-3,6,11,15H,4-5,7-8H2;1H. The molecular weight excluding hydrogens is 285 g/mol. The molecule has 2 aromatic rings. The maximum atomic E-state index is 13.1. The minimum absolute atomic E-state index is 0. The molecule has 7 heteroatoms. The van der Waals surface area contributed by atoms with Crippen LogP contribution in [0.3, 0.4) is 0 Å². The highest BCUT2D eigenvalue weighted by atomic mass is 35.5. The van der Waals surface area contributed by atoms with E-state index in [2.05, 4.69) is 15.5 Å². The first-order valence-electron chi connectivity index (χ1n) is 6.19. The number of aromatic nitrogens is 2. The summed E-state index contributed by atoms with van der Waals surface area (Å²) in [5, 5.41) is 7.15. The average molecular weight is 300 g/mol. The van der Waals surface area contributed by atoms with E-state index < -0.39 is 0 Å². The number of benzene rings is 1. The zero-order chi connectivity index (χ0) is 13.1. The van der Waals surface area contributed by atoms with Gasteiger partial charge < -0.3 is 14.6 Å². The second kappa shape index (κ2) is 6.78. The third kappa shape index (κ3) is 3.53. The van der Waals surface area contributed by atoms with Gasteiger partial charge in [-0.15, -0.1) is 12.4 Å². The Balaban J connectivity index is 0.00000147. The van der Waals surface area contributed by atoms with Crippen LogP contribution >= 0.6 is 12.4 Å². The van der Waals surface area contributed by atoms with Crippen molar-refractivity contribution in [2.75, 3.05) is 19.8 Å². The summed E-state index contributed by atoms with van der Waals surface area (Å²) in [6.07, 6.45) is 0.453. The van der Waals surface area contributed by atoms with Crippen molar-refractivity contribution in [3.8, 4) is 0 Å². The molecule has 5 nitrogen and oxygen atoms in total. The molecule has 1 unspecified atom stereocenters. The number of rotatable bonds is 3. The van der Waals surface area contributed by atoms with Crippen molar-refractivity contribution in [3.05, 3.63) is 47.4 Å². The molecule has 1 aliphatic heterocycles. The molecule has 0 spiro atoms. The zero-order valence-electron chi connectivity index (χ0n) is 10.7. The van der Waals surface area contributed by atoms with Crippen molar-refractivity contribution in [1.29, 1.82) is 0 Å². The Labute approximate surface area is 121 Å². The molecule has 2 heterocycles. The first kappa shape index (κ1) is 14.9. The number of hydrogen-bond acceptors (Lipinski definition) is 5. The Morgan fingerprint density at radius 1 is 1.40 bits per heavy atom. The number of morpholine rings is 1. The molecule has 1 aromatic heterocycles. The van der Waals surface area contributed by atoms with E-state index in [0.29, 0.717) is 31.3 Å².